The fourth-order valence-corrected chi connectivity index (χ4v) is 1.89. The van der Waals surface area contributed by atoms with Crippen molar-refractivity contribution in [2.75, 3.05) is 0 Å². The summed E-state index contributed by atoms with van der Waals surface area (Å²) in [7, 11) is 0. The van der Waals surface area contributed by atoms with Crippen molar-refractivity contribution in [1.82, 2.24) is 10.2 Å². The molecule has 1 unspecified atom stereocenters. The number of aliphatic hydroxyl groups is 1. The summed E-state index contributed by atoms with van der Waals surface area (Å²) in [6.45, 7) is 4.02. The van der Waals surface area contributed by atoms with Crippen LogP contribution in [0.3, 0.4) is 0 Å². The van der Waals surface area contributed by atoms with E-state index in [-0.39, 0.29) is 18.1 Å². The number of carbonyl (C=O) groups excluding carboxylic acids is 1. The minimum atomic E-state index is -0.546. The largest absolute Gasteiger partial charge is 0.392 e. The van der Waals surface area contributed by atoms with Crippen LogP contribution in [-0.2, 0) is 6.42 Å². The molecular formula is C10H14N2O2. The number of fused-ring (bicyclic) bond motifs is 1. The number of H-pyrrole nitrogens is 1. The van der Waals surface area contributed by atoms with Gasteiger partial charge in [-0.15, -0.1) is 0 Å². The Morgan fingerprint density at radius 3 is 2.86 bits per heavy atom. The zero-order chi connectivity index (χ0) is 10.3. The monoisotopic (exact) mass is 194 g/mol. The number of carbonyl (C=O) groups is 1. The van der Waals surface area contributed by atoms with E-state index in [0.29, 0.717) is 12.0 Å². The summed E-state index contributed by atoms with van der Waals surface area (Å²) >= 11 is 0. The number of ketones is 1. The van der Waals surface area contributed by atoms with E-state index >= 15 is 0 Å². The molecule has 0 saturated carbocycles. The van der Waals surface area contributed by atoms with Crippen molar-refractivity contribution in [3.05, 3.63) is 17.0 Å². The quantitative estimate of drug-likeness (QED) is 0.701. The van der Waals surface area contributed by atoms with E-state index in [1.807, 2.05) is 13.8 Å². The van der Waals surface area contributed by atoms with Crippen LogP contribution in [0.5, 0.6) is 0 Å². The number of nitrogens with one attached hydrogen (secondary N) is 1. The molecule has 0 saturated heterocycles. The van der Waals surface area contributed by atoms with Gasteiger partial charge in [0.1, 0.15) is 0 Å². The number of aromatic amines is 1. The molecule has 2 N–H and O–H groups in total. The Hall–Kier alpha value is -1.16. The third kappa shape index (κ3) is 1.35. The molecule has 0 amide bonds. The van der Waals surface area contributed by atoms with Gasteiger partial charge in [0.15, 0.2) is 5.78 Å². The molecule has 0 spiro atoms. The van der Waals surface area contributed by atoms with Crippen molar-refractivity contribution in [2.45, 2.75) is 38.7 Å². The Kier molecular flexibility index (Phi) is 2.15. The van der Waals surface area contributed by atoms with Gasteiger partial charge in [-0.2, -0.15) is 5.10 Å². The Labute approximate surface area is 82.3 Å². The van der Waals surface area contributed by atoms with Crippen LogP contribution >= 0.6 is 0 Å². The number of hydrogen-bond donors (Lipinski definition) is 2. The predicted molar refractivity (Wildman–Crippen MR) is 51.3 cm³/mol. The smallest absolute Gasteiger partial charge is 0.169 e. The number of Topliss-reactive ketones (excluding diaryl/α,β-unsaturated/α-hetero) is 1. The molecular weight excluding hydrogens is 180 g/mol. The van der Waals surface area contributed by atoms with Gasteiger partial charge in [-0.3, -0.25) is 9.89 Å². The van der Waals surface area contributed by atoms with Crippen LogP contribution in [0.15, 0.2) is 0 Å². The molecule has 1 aromatic rings. The maximum absolute atomic E-state index is 11.7. The van der Waals surface area contributed by atoms with Gasteiger partial charge in [-0.1, -0.05) is 13.8 Å². The standard InChI is InChI=1S/C10H14N2O2/c1-5(2)10-9-7(11-12-10)3-6(13)4-8(9)14/h5-6,13H,3-4H2,1-2H3,(H,11,12). The second kappa shape index (κ2) is 3.20. The van der Waals surface area contributed by atoms with Gasteiger partial charge in [0.25, 0.3) is 0 Å². The maximum Gasteiger partial charge on any atom is 0.169 e. The molecule has 1 aliphatic carbocycles. The SMILES string of the molecule is CC(C)c1n[nH]c2c1C(=O)CC(O)C2. The molecule has 76 valence electrons. The fourth-order valence-electron chi connectivity index (χ4n) is 1.89. The van der Waals surface area contributed by atoms with Crippen LogP contribution in [0.25, 0.3) is 0 Å². The highest BCUT2D eigenvalue weighted by atomic mass is 16.3. The summed E-state index contributed by atoms with van der Waals surface area (Å²) in [5, 5.41) is 16.4. The first-order chi connectivity index (χ1) is 6.59. The van der Waals surface area contributed by atoms with E-state index in [1.54, 1.807) is 0 Å². The molecule has 0 aromatic carbocycles. The molecule has 1 aliphatic rings. The van der Waals surface area contributed by atoms with E-state index in [4.69, 9.17) is 0 Å². The van der Waals surface area contributed by atoms with Gasteiger partial charge in [-0.25, -0.2) is 0 Å². The lowest BCUT2D eigenvalue weighted by Crippen LogP contribution is -2.24. The Bertz CT molecular complexity index is 368. The number of nitrogens with zero attached hydrogens (tertiary/aromatic N) is 1. The van der Waals surface area contributed by atoms with Crippen LogP contribution in [0.2, 0.25) is 0 Å². The first-order valence-corrected chi connectivity index (χ1v) is 4.88. The van der Waals surface area contributed by atoms with Gasteiger partial charge < -0.3 is 5.11 Å². The van der Waals surface area contributed by atoms with E-state index in [9.17, 15) is 9.90 Å². The highest BCUT2D eigenvalue weighted by Crippen LogP contribution is 2.26. The average Bonchev–Trinajstić information content (AvgIpc) is 2.47. The van der Waals surface area contributed by atoms with Crippen molar-refractivity contribution < 1.29 is 9.90 Å². The molecule has 0 radical (unpaired) electrons. The summed E-state index contributed by atoms with van der Waals surface area (Å²) < 4.78 is 0. The normalized spacial score (nSPS) is 21.4. The number of aliphatic hydroxyl groups excluding tert-OH is 1. The van der Waals surface area contributed by atoms with Crippen molar-refractivity contribution in [2.24, 2.45) is 0 Å². The van der Waals surface area contributed by atoms with Crippen LogP contribution in [0.1, 0.15) is 47.9 Å². The molecule has 0 fully saturated rings. The Morgan fingerprint density at radius 2 is 2.21 bits per heavy atom. The van der Waals surface area contributed by atoms with Gasteiger partial charge >= 0.3 is 0 Å². The number of hydrogen-bond acceptors (Lipinski definition) is 3. The van der Waals surface area contributed by atoms with Crippen LogP contribution in [-0.4, -0.2) is 27.2 Å². The molecule has 0 aliphatic heterocycles. The Balaban J connectivity index is 2.47. The average molecular weight is 194 g/mol. The van der Waals surface area contributed by atoms with Crippen molar-refractivity contribution in [3.63, 3.8) is 0 Å². The highest BCUT2D eigenvalue weighted by molar-refractivity contribution is 5.99. The van der Waals surface area contributed by atoms with Gasteiger partial charge in [0.05, 0.1) is 17.4 Å². The molecule has 1 aromatic heterocycles. The van der Waals surface area contributed by atoms with Crippen LogP contribution in [0.4, 0.5) is 0 Å². The first kappa shape index (κ1) is 9.40. The minimum absolute atomic E-state index is 0.0104. The lowest BCUT2D eigenvalue weighted by atomic mass is 9.90. The molecule has 2 rings (SSSR count). The van der Waals surface area contributed by atoms with Gasteiger partial charge in [0, 0.05) is 18.5 Å². The third-order valence-corrected chi connectivity index (χ3v) is 2.56. The van der Waals surface area contributed by atoms with E-state index in [1.165, 1.54) is 0 Å². The zero-order valence-corrected chi connectivity index (χ0v) is 8.37. The van der Waals surface area contributed by atoms with Crippen LogP contribution < -0.4 is 0 Å². The molecule has 0 bridgehead atoms. The summed E-state index contributed by atoms with van der Waals surface area (Å²) in [4.78, 5) is 11.7. The molecule has 4 nitrogen and oxygen atoms in total. The summed E-state index contributed by atoms with van der Waals surface area (Å²) in [6, 6.07) is 0. The highest BCUT2D eigenvalue weighted by Gasteiger charge is 2.29. The first-order valence-electron chi connectivity index (χ1n) is 4.88. The lowest BCUT2D eigenvalue weighted by Gasteiger charge is -2.16. The van der Waals surface area contributed by atoms with Gasteiger partial charge in [-0.05, 0) is 5.92 Å². The lowest BCUT2D eigenvalue weighted by molar-refractivity contribution is 0.0850. The Morgan fingerprint density at radius 1 is 1.50 bits per heavy atom. The fraction of sp³-hybridized carbons (Fsp3) is 0.600. The number of aromatic nitrogens is 2. The topological polar surface area (TPSA) is 66.0 Å². The molecule has 1 heterocycles. The third-order valence-electron chi connectivity index (χ3n) is 2.56. The summed E-state index contributed by atoms with van der Waals surface area (Å²) in [5.74, 6) is 0.255. The minimum Gasteiger partial charge on any atom is -0.392 e. The van der Waals surface area contributed by atoms with E-state index in [2.05, 4.69) is 10.2 Å². The maximum atomic E-state index is 11.7. The van der Waals surface area contributed by atoms with E-state index in [0.717, 1.165) is 11.4 Å². The van der Waals surface area contributed by atoms with Crippen LogP contribution in [0, 0.1) is 0 Å². The van der Waals surface area contributed by atoms with Crippen molar-refractivity contribution in [3.8, 4) is 0 Å². The second-order valence-corrected chi connectivity index (χ2v) is 4.10. The number of rotatable bonds is 1. The van der Waals surface area contributed by atoms with Gasteiger partial charge in [0.2, 0.25) is 0 Å². The second-order valence-electron chi connectivity index (χ2n) is 4.10. The van der Waals surface area contributed by atoms with Crippen molar-refractivity contribution >= 4 is 5.78 Å². The molecule has 14 heavy (non-hydrogen) atoms. The summed E-state index contributed by atoms with van der Waals surface area (Å²) in [5.41, 5.74) is 2.33. The predicted octanol–water partition coefficient (Wildman–Crippen LogP) is 1.02. The van der Waals surface area contributed by atoms with E-state index < -0.39 is 6.10 Å². The molecule has 1 atom stereocenters. The zero-order valence-electron chi connectivity index (χ0n) is 8.37. The molecule has 4 heteroatoms. The summed E-state index contributed by atoms with van der Waals surface area (Å²) in [6.07, 6.45) is 0.197. The van der Waals surface area contributed by atoms with Crippen molar-refractivity contribution in [1.29, 1.82) is 0 Å².